The molecule has 0 atom stereocenters. The summed E-state index contributed by atoms with van der Waals surface area (Å²) in [5, 5.41) is 2.89. The quantitative estimate of drug-likeness (QED) is 0.528. The van der Waals surface area contributed by atoms with E-state index in [-0.39, 0.29) is 12.5 Å². The molecule has 2 heterocycles. The normalized spacial score (nSPS) is 13.1. The number of carbonyl (C=O) groups excluding carboxylic acids is 1. The number of para-hydroxylation sites is 2. The van der Waals surface area contributed by atoms with E-state index in [4.69, 9.17) is 9.72 Å². The van der Waals surface area contributed by atoms with E-state index in [1.165, 1.54) is 5.52 Å². The summed E-state index contributed by atoms with van der Waals surface area (Å²) in [5.74, 6) is 1.59. The number of nitrogens with one attached hydrogen (secondary N) is 1. The van der Waals surface area contributed by atoms with Crippen LogP contribution in [0.2, 0.25) is 0 Å². The molecule has 6 nitrogen and oxygen atoms in total. The second kappa shape index (κ2) is 8.14. The summed E-state index contributed by atoms with van der Waals surface area (Å²) in [6.07, 6.45) is 0. The first-order chi connectivity index (χ1) is 15.2. The molecule has 156 valence electrons. The highest BCUT2D eigenvalue weighted by Crippen LogP contribution is 2.25. The Kier molecular flexibility index (Phi) is 5.04. The van der Waals surface area contributed by atoms with Gasteiger partial charge in [0.05, 0.1) is 17.6 Å². The summed E-state index contributed by atoms with van der Waals surface area (Å²) in [7, 11) is 0. The molecule has 1 aliphatic rings. The Balaban J connectivity index is 1.20. The van der Waals surface area contributed by atoms with Crippen molar-refractivity contribution >= 4 is 28.3 Å². The van der Waals surface area contributed by atoms with Gasteiger partial charge < -0.3 is 19.5 Å². The zero-order chi connectivity index (χ0) is 21.2. The van der Waals surface area contributed by atoms with Crippen LogP contribution in [0, 0.1) is 6.92 Å². The number of imidazole rings is 1. The average molecular weight is 412 g/mol. The molecule has 1 aromatic heterocycles. The third-order valence-corrected chi connectivity index (χ3v) is 5.57. The molecule has 0 unspecified atom stereocenters. The van der Waals surface area contributed by atoms with Crippen LogP contribution in [0.3, 0.4) is 0 Å². The largest absolute Gasteiger partial charge is 0.484 e. The van der Waals surface area contributed by atoms with Crippen molar-refractivity contribution in [3.63, 3.8) is 0 Å². The molecule has 0 spiro atoms. The molecule has 3 aromatic carbocycles. The third-order valence-electron chi connectivity index (χ3n) is 5.57. The lowest BCUT2D eigenvalue weighted by Gasteiger charge is -2.30. The number of nitrogens with zero attached hydrogens (tertiary/aromatic N) is 3. The minimum Gasteiger partial charge on any atom is -0.484 e. The number of hydrogen-bond donors (Lipinski definition) is 1. The number of aryl methyl sites for hydroxylation is 1. The van der Waals surface area contributed by atoms with Gasteiger partial charge in [0.15, 0.2) is 6.61 Å². The summed E-state index contributed by atoms with van der Waals surface area (Å²) in [6.45, 7) is 4.59. The molecule has 5 rings (SSSR count). The average Bonchev–Trinajstić information content (AvgIpc) is 3.17. The van der Waals surface area contributed by atoms with Gasteiger partial charge in [-0.2, -0.15) is 0 Å². The number of anilines is 2. The number of ether oxygens (including phenoxy) is 1. The molecular formula is C25H24N4O2. The van der Waals surface area contributed by atoms with E-state index in [9.17, 15) is 4.79 Å². The Morgan fingerprint density at radius 1 is 1.00 bits per heavy atom. The van der Waals surface area contributed by atoms with Gasteiger partial charge in [-0.15, -0.1) is 0 Å². The molecule has 0 radical (unpaired) electrons. The van der Waals surface area contributed by atoms with E-state index in [1.54, 1.807) is 0 Å². The van der Waals surface area contributed by atoms with Gasteiger partial charge in [-0.3, -0.25) is 4.79 Å². The van der Waals surface area contributed by atoms with E-state index in [2.05, 4.69) is 33.0 Å². The number of amides is 1. The fraction of sp³-hybridized carbons (Fsp3) is 0.200. The Hall–Kier alpha value is -3.80. The lowest BCUT2D eigenvalue weighted by atomic mass is 10.2. The van der Waals surface area contributed by atoms with Crippen molar-refractivity contribution in [1.82, 2.24) is 9.55 Å². The molecule has 1 N–H and O–H groups in total. The van der Waals surface area contributed by atoms with Gasteiger partial charge >= 0.3 is 0 Å². The zero-order valence-corrected chi connectivity index (χ0v) is 17.4. The number of rotatable bonds is 5. The fourth-order valence-corrected chi connectivity index (χ4v) is 3.92. The smallest absolute Gasteiger partial charge is 0.262 e. The van der Waals surface area contributed by atoms with Crippen LogP contribution in [-0.2, 0) is 17.9 Å². The molecule has 0 saturated carbocycles. The molecule has 0 aliphatic carbocycles. The van der Waals surface area contributed by atoms with Crippen LogP contribution >= 0.6 is 0 Å². The molecule has 4 aromatic rings. The Bertz CT molecular complexity index is 1210. The van der Waals surface area contributed by atoms with Gasteiger partial charge in [-0.05, 0) is 55.5 Å². The SMILES string of the molecule is Cc1ccc(OCC(=O)Nc2ccc(N3CCn4c(nc5ccccc54)C3)cc2)cc1. The van der Waals surface area contributed by atoms with Crippen molar-refractivity contribution in [1.29, 1.82) is 0 Å². The summed E-state index contributed by atoms with van der Waals surface area (Å²) in [4.78, 5) is 19.3. The molecule has 6 heteroatoms. The number of aromatic nitrogens is 2. The van der Waals surface area contributed by atoms with Crippen LogP contribution in [0.5, 0.6) is 5.75 Å². The summed E-state index contributed by atoms with van der Waals surface area (Å²) in [5.41, 5.74) is 5.27. The van der Waals surface area contributed by atoms with Crippen molar-refractivity contribution in [2.24, 2.45) is 0 Å². The van der Waals surface area contributed by atoms with Gasteiger partial charge in [-0.1, -0.05) is 29.8 Å². The first-order valence-corrected chi connectivity index (χ1v) is 10.4. The van der Waals surface area contributed by atoms with E-state index in [1.807, 2.05) is 61.5 Å². The summed E-state index contributed by atoms with van der Waals surface area (Å²) >= 11 is 0. The first kappa shape index (κ1) is 19.2. The third kappa shape index (κ3) is 4.10. The summed E-state index contributed by atoms with van der Waals surface area (Å²) in [6, 6.07) is 23.8. The lowest BCUT2D eigenvalue weighted by molar-refractivity contribution is -0.118. The minimum absolute atomic E-state index is 0.0207. The molecule has 31 heavy (non-hydrogen) atoms. The Morgan fingerprint density at radius 2 is 1.77 bits per heavy atom. The number of carbonyl (C=O) groups is 1. The summed E-state index contributed by atoms with van der Waals surface area (Å²) < 4.78 is 7.84. The predicted molar refractivity (Wildman–Crippen MR) is 123 cm³/mol. The molecule has 1 aliphatic heterocycles. The fourth-order valence-electron chi connectivity index (χ4n) is 3.92. The highest BCUT2D eigenvalue weighted by Gasteiger charge is 2.20. The zero-order valence-electron chi connectivity index (χ0n) is 17.4. The van der Waals surface area contributed by atoms with Crippen molar-refractivity contribution in [2.75, 3.05) is 23.4 Å². The molecule has 0 bridgehead atoms. The van der Waals surface area contributed by atoms with Crippen molar-refractivity contribution in [3.05, 3.63) is 84.2 Å². The maximum atomic E-state index is 12.2. The van der Waals surface area contributed by atoms with Crippen LogP contribution in [-0.4, -0.2) is 28.6 Å². The van der Waals surface area contributed by atoms with Crippen LogP contribution in [0.25, 0.3) is 11.0 Å². The molecule has 0 saturated heterocycles. The van der Waals surface area contributed by atoms with E-state index in [0.29, 0.717) is 5.75 Å². The van der Waals surface area contributed by atoms with Gasteiger partial charge in [0.25, 0.3) is 5.91 Å². The number of fused-ring (bicyclic) bond motifs is 3. The predicted octanol–water partition coefficient (Wildman–Crippen LogP) is 4.38. The Labute approximate surface area is 181 Å². The highest BCUT2D eigenvalue weighted by atomic mass is 16.5. The van der Waals surface area contributed by atoms with Crippen molar-refractivity contribution in [3.8, 4) is 5.75 Å². The molecule has 1 amide bonds. The van der Waals surface area contributed by atoms with Crippen molar-refractivity contribution in [2.45, 2.75) is 20.0 Å². The van der Waals surface area contributed by atoms with Crippen molar-refractivity contribution < 1.29 is 9.53 Å². The second-order valence-corrected chi connectivity index (χ2v) is 7.79. The lowest BCUT2D eigenvalue weighted by Crippen LogP contribution is -2.33. The first-order valence-electron chi connectivity index (χ1n) is 10.4. The molecular weight excluding hydrogens is 388 g/mol. The standard InChI is InChI=1S/C25H24N4O2/c1-18-6-12-21(13-7-18)31-17-25(30)26-19-8-10-20(11-9-19)28-14-15-29-23-5-3-2-4-22(23)27-24(29)16-28/h2-13H,14-17H2,1H3,(H,26,30). The van der Waals surface area contributed by atoms with Gasteiger partial charge in [0.2, 0.25) is 0 Å². The highest BCUT2D eigenvalue weighted by molar-refractivity contribution is 5.92. The monoisotopic (exact) mass is 412 g/mol. The number of hydrogen-bond acceptors (Lipinski definition) is 4. The van der Waals surface area contributed by atoms with Gasteiger partial charge in [-0.25, -0.2) is 4.98 Å². The number of benzene rings is 3. The van der Waals surface area contributed by atoms with E-state index < -0.39 is 0 Å². The molecule has 0 fully saturated rings. The maximum Gasteiger partial charge on any atom is 0.262 e. The van der Waals surface area contributed by atoms with Crippen LogP contribution < -0.4 is 15.0 Å². The maximum absolute atomic E-state index is 12.2. The van der Waals surface area contributed by atoms with E-state index >= 15 is 0 Å². The van der Waals surface area contributed by atoms with Gasteiger partial charge in [0.1, 0.15) is 11.6 Å². The van der Waals surface area contributed by atoms with Crippen LogP contribution in [0.4, 0.5) is 11.4 Å². The topological polar surface area (TPSA) is 59.4 Å². The Morgan fingerprint density at radius 3 is 2.58 bits per heavy atom. The van der Waals surface area contributed by atoms with Crippen LogP contribution in [0.15, 0.2) is 72.8 Å². The second-order valence-electron chi connectivity index (χ2n) is 7.79. The van der Waals surface area contributed by atoms with Gasteiger partial charge in [0, 0.05) is 24.5 Å². The van der Waals surface area contributed by atoms with Crippen LogP contribution in [0.1, 0.15) is 11.4 Å². The van der Waals surface area contributed by atoms with E-state index in [0.717, 1.165) is 47.9 Å². The minimum atomic E-state index is -0.181.